The van der Waals surface area contributed by atoms with Crippen LogP contribution in [0.2, 0.25) is 5.28 Å². The van der Waals surface area contributed by atoms with E-state index in [-0.39, 0.29) is 29.6 Å². The molecule has 0 aromatic carbocycles. The first kappa shape index (κ1) is 31.6. The highest BCUT2D eigenvalue weighted by atomic mass is 35.5. The molecule has 0 bridgehead atoms. The maximum Gasteiger partial charge on any atom is 0.510 e. The van der Waals surface area contributed by atoms with Gasteiger partial charge in [-0.2, -0.15) is 9.97 Å². The summed E-state index contributed by atoms with van der Waals surface area (Å²) in [4.78, 5) is 49.9. The highest BCUT2D eigenvalue weighted by Gasteiger charge is 2.30. The van der Waals surface area contributed by atoms with E-state index in [2.05, 4.69) is 20.3 Å². The van der Waals surface area contributed by atoms with Crippen LogP contribution in [0.4, 0.5) is 10.6 Å². The van der Waals surface area contributed by atoms with Gasteiger partial charge in [0.25, 0.3) is 0 Å². The fourth-order valence-electron chi connectivity index (χ4n) is 4.77. The Morgan fingerprint density at radius 3 is 2.68 bits per heavy atom. The summed E-state index contributed by atoms with van der Waals surface area (Å²) < 4.78 is 22.4. The van der Waals surface area contributed by atoms with Gasteiger partial charge in [-0.25, -0.2) is 9.78 Å². The van der Waals surface area contributed by atoms with Crippen molar-refractivity contribution < 1.29 is 33.2 Å². The topological polar surface area (TPSA) is 150 Å². The first-order valence-corrected chi connectivity index (χ1v) is 15.9. The summed E-state index contributed by atoms with van der Waals surface area (Å²) in [5.74, 6) is 0.853. The summed E-state index contributed by atoms with van der Waals surface area (Å²) >= 11 is 6.26. The molecule has 2 aliphatic carbocycles. The Kier molecular flexibility index (Phi) is 11.8. The van der Waals surface area contributed by atoms with Crippen molar-refractivity contribution in [3.05, 3.63) is 11.6 Å². The predicted molar refractivity (Wildman–Crippen MR) is 154 cm³/mol. The normalized spacial score (nSPS) is 17.1. The Balaban J connectivity index is 1.32. The zero-order valence-corrected chi connectivity index (χ0v) is 25.5. The summed E-state index contributed by atoms with van der Waals surface area (Å²) in [7, 11) is -0.497. The average molecular weight is 615 g/mol. The van der Waals surface area contributed by atoms with E-state index in [1.165, 1.54) is 12.8 Å². The minimum Gasteiger partial charge on any atom is -0.432 e. The lowest BCUT2D eigenvalue weighted by atomic mass is 10.2. The van der Waals surface area contributed by atoms with Gasteiger partial charge in [0.2, 0.25) is 18.0 Å². The molecular formula is C26H40ClN6O7P. The predicted octanol–water partition coefficient (Wildman–Crippen LogP) is 4.32. The van der Waals surface area contributed by atoms with Crippen molar-refractivity contribution in [2.24, 2.45) is 5.92 Å². The van der Waals surface area contributed by atoms with Crippen LogP contribution in [0, 0.1) is 5.92 Å². The van der Waals surface area contributed by atoms with Crippen molar-refractivity contribution in [3.63, 3.8) is 0 Å². The zero-order chi connectivity index (χ0) is 29.4. The maximum absolute atomic E-state index is 13.1. The number of nitrogens with one attached hydrogen (secondary N) is 1. The molecule has 2 heterocycles. The van der Waals surface area contributed by atoms with Crippen molar-refractivity contribution >= 4 is 49.0 Å². The third kappa shape index (κ3) is 9.89. The van der Waals surface area contributed by atoms with Gasteiger partial charge in [0.15, 0.2) is 25.4 Å². The van der Waals surface area contributed by atoms with Crippen LogP contribution in [0.25, 0.3) is 11.2 Å². The van der Waals surface area contributed by atoms with E-state index in [4.69, 9.17) is 30.3 Å². The van der Waals surface area contributed by atoms with Gasteiger partial charge in [0.1, 0.15) is 0 Å². The number of fused-ring (bicyclic) bond motifs is 1. The lowest BCUT2D eigenvalue weighted by Gasteiger charge is -2.28. The van der Waals surface area contributed by atoms with Gasteiger partial charge in [-0.3, -0.25) is 9.32 Å². The van der Waals surface area contributed by atoms with Crippen LogP contribution in [0.3, 0.4) is 0 Å². The number of aryl methyl sites for hydroxylation is 1. The smallest absolute Gasteiger partial charge is 0.432 e. The second-order valence-corrected chi connectivity index (χ2v) is 12.4. The number of carbonyl (C=O) groups is 2. The van der Waals surface area contributed by atoms with Crippen LogP contribution >= 0.6 is 20.0 Å². The summed E-state index contributed by atoms with van der Waals surface area (Å²) in [5, 5.41) is 3.64. The molecule has 1 amide bonds. The number of carbonyl (C=O) groups excluding carboxylic acids is 2. The SMILES string of the molecule is COC(CCn1cnc2c(NC3CCCC3)nc(Cl)nc21)CN(CC1CC1)C(=O)CP(O)OCOC(=O)OC(C)C. The molecule has 41 heavy (non-hydrogen) atoms. The highest BCUT2D eigenvalue weighted by Crippen LogP contribution is 2.34. The first-order chi connectivity index (χ1) is 19.7. The Bertz CT molecular complexity index is 1160. The third-order valence-electron chi connectivity index (χ3n) is 7.09. The number of imidazole rings is 1. The van der Waals surface area contributed by atoms with E-state index < -0.39 is 21.3 Å². The van der Waals surface area contributed by atoms with Crippen molar-refractivity contribution in [1.82, 2.24) is 24.4 Å². The lowest BCUT2D eigenvalue weighted by Crippen LogP contribution is -2.41. The van der Waals surface area contributed by atoms with E-state index in [1.807, 2.05) is 4.57 Å². The van der Waals surface area contributed by atoms with E-state index >= 15 is 0 Å². The molecule has 2 aromatic rings. The molecule has 2 N–H and O–H groups in total. The molecular weight excluding hydrogens is 575 g/mol. The molecule has 4 rings (SSSR count). The van der Waals surface area contributed by atoms with Crippen LogP contribution < -0.4 is 5.32 Å². The van der Waals surface area contributed by atoms with Crippen molar-refractivity contribution in [1.29, 1.82) is 0 Å². The fraction of sp³-hybridized carbons (Fsp3) is 0.731. The van der Waals surface area contributed by atoms with Gasteiger partial charge < -0.3 is 33.9 Å². The number of nitrogens with zero attached hydrogens (tertiary/aromatic N) is 5. The molecule has 0 saturated heterocycles. The van der Waals surface area contributed by atoms with Crippen LogP contribution in [0.5, 0.6) is 0 Å². The van der Waals surface area contributed by atoms with Crippen LogP contribution in [0.15, 0.2) is 6.33 Å². The van der Waals surface area contributed by atoms with Crippen molar-refractivity contribution in [2.75, 3.05) is 38.5 Å². The molecule has 0 aliphatic heterocycles. The van der Waals surface area contributed by atoms with Crippen molar-refractivity contribution in [3.8, 4) is 0 Å². The van der Waals surface area contributed by atoms with Crippen LogP contribution in [0.1, 0.15) is 58.8 Å². The van der Waals surface area contributed by atoms with Gasteiger partial charge in [0.05, 0.1) is 24.7 Å². The van der Waals surface area contributed by atoms with Gasteiger partial charge in [-0.1, -0.05) is 12.8 Å². The summed E-state index contributed by atoms with van der Waals surface area (Å²) in [6, 6.07) is 0.362. The van der Waals surface area contributed by atoms with Gasteiger partial charge in [-0.15, -0.1) is 0 Å². The maximum atomic E-state index is 13.1. The monoisotopic (exact) mass is 614 g/mol. The number of aromatic nitrogens is 4. The first-order valence-electron chi connectivity index (χ1n) is 14.1. The van der Waals surface area contributed by atoms with Gasteiger partial charge >= 0.3 is 6.16 Å². The molecule has 2 atom stereocenters. The fourth-order valence-corrected chi connectivity index (χ4v) is 5.63. The number of halogens is 1. The molecule has 0 radical (unpaired) electrons. The van der Waals surface area contributed by atoms with Crippen LogP contribution in [-0.4, -0.2) is 92.8 Å². The highest BCUT2D eigenvalue weighted by molar-refractivity contribution is 7.47. The largest absolute Gasteiger partial charge is 0.510 e. The Morgan fingerprint density at radius 1 is 1.24 bits per heavy atom. The number of amides is 1. The van der Waals surface area contributed by atoms with E-state index in [9.17, 15) is 14.5 Å². The Morgan fingerprint density at radius 2 is 2.00 bits per heavy atom. The minimum atomic E-state index is -2.12. The third-order valence-corrected chi connectivity index (χ3v) is 8.20. The minimum absolute atomic E-state index is 0.161. The lowest BCUT2D eigenvalue weighted by molar-refractivity contribution is -0.130. The standard InChI is InChI=1S/C26H40ClN6O7P/c1-17(2)40-26(35)38-16-39-41(36)14-21(34)33(12-18-8-9-18)13-20(37-3)10-11-32-15-28-22-23(29-19-6-4-5-7-19)30-25(27)31-24(22)32/h15,17-20,36H,4-14,16H2,1-3H3,(H,29,30,31). The average Bonchev–Trinajstić information content (AvgIpc) is 3.40. The molecule has 2 aromatic heterocycles. The molecule has 2 saturated carbocycles. The summed E-state index contributed by atoms with van der Waals surface area (Å²) in [5.41, 5.74) is 1.33. The van der Waals surface area contributed by atoms with E-state index in [0.29, 0.717) is 55.0 Å². The van der Waals surface area contributed by atoms with E-state index in [1.54, 1.807) is 32.2 Å². The number of anilines is 1. The van der Waals surface area contributed by atoms with E-state index in [0.717, 1.165) is 25.7 Å². The van der Waals surface area contributed by atoms with Gasteiger partial charge in [0, 0.05) is 32.8 Å². The number of hydrogen-bond acceptors (Lipinski definition) is 11. The van der Waals surface area contributed by atoms with Gasteiger partial charge in [-0.05, 0) is 63.5 Å². The number of methoxy groups -OCH3 is 1. The molecule has 2 unspecified atom stereocenters. The molecule has 0 spiro atoms. The quantitative estimate of drug-likeness (QED) is 0.120. The number of hydrogen-bond donors (Lipinski definition) is 2. The van der Waals surface area contributed by atoms with Crippen molar-refractivity contribution in [2.45, 2.75) is 83.6 Å². The Hall–Kier alpha value is -2.31. The molecule has 13 nitrogen and oxygen atoms in total. The number of ether oxygens (including phenoxy) is 3. The molecule has 15 heteroatoms. The van der Waals surface area contributed by atoms with Crippen LogP contribution in [-0.2, 0) is 30.1 Å². The Labute approximate surface area is 246 Å². The molecule has 2 fully saturated rings. The number of rotatable bonds is 16. The molecule has 2 aliphatic rings. The molecule has 228 valence electrons. The summed E-state index contributed by atoms with van der Waals surface area (Å²) in [6.07, 6.45) is 7.35. The zero-order valence-electron chi connectivity index (χ0n) is 23.8. The second kappa shape index (κ2) is 15.2. The summed E-state index contributed by atoms with van der Waals surface area (Å²) in [6.45, 7) is 4.39. The second-order valence-electron chi connectivity index (χ2n) is 10.8.